The van der Waals surface area contributed by atoms with Gasteiger partial charge in [0.25, 0.3) is 0 Å². The molecule has 0 fully saturated rings. The van der Waals surface area contributed by atoms with E-state index in [1.807, 2.05) is 6.07 Å². The quantitative estimate of drug-likeness (QED) is 0.654. The van der Waals surface area contributed by atoms with E-state index >= 15 is 0 Å². The van der Waals surface area contributed by atoms with E-state index in [2.05, 4.69) is 10.6 Å². The number of aliphatic hydroxyl groups excluding tert-OH is 1. The van der Waals surface area contributed by atoms with Gasteiger partial charge in [-0.25, -0.2) is 0 Å². The molecule has 0 aliphatic carbocycles. The van der Waals surface area contributed by atoms with Gasteiger partial charge in [-0.2, -0.15) is 5.26 Å². The van der Waals surface area contributed by atoms with Crippen LogP contribution in [0.25, 0.3) is 0 Å². The lowest BCUT2D eigenvalue weighted by Crippen LogP contribution is -2.38. The van der Waals surface area contributed by atoms with Gasteiger partial charge in [0.15, 0.2) is 0 Å². The Morgan fingerprint density at radius 1 is 1.39 bits per heavy atom. The zero-order valence-electron chi connectivity index (χ0n) is 9.80. The number of hydrogen-bond donors (Lipinski definition) is 3. The Balaban J connectivity index is 2.65. The zero-order valence-corrected chi connectivity index (χ0v) is 9.80. The minimum absolute atomic E-state index is 0.00779. The molecule has 6 heteroatoms. The number of aliphatic hydroxyl groups is 1. The molecule has 1 aromatic carbocycles. The first-order valence-electron chi connectivity index (χ1n) is 5.31. The first-order valence-corrected chi connectivity index (χ1v) is 5.31. The summed E-state index contributed by atoms with van der Waals surface area (Å²) in [5.74, 6) is -1.73. The molecule has 0 saturated heterocycles. The van der Waals surface area contributed by atoms with Gasteiger partial charge in [0.2, 0.25) is 0 Å². The molecule has 1 aromatic rings. The number of nitriles is 1. The van der Waals surface area contributed by atoms with Crippen molar-refractivity contribution in [3.05, 3.63) is 29.8 Å². The van der Waals surface area contributed by atoms with Crippen molar-refractivity contribution in [3.8, 4) is 6.07 Å². The highest BCUT2D eigenvalue weighted by Crippen LogP contribution is 2.12. The Hall–Kier alpha value is -2.39. The summed E-state index contributed by atoms with van der Waals surface area (Å²) in [5.41, 5.74) is 0.548. The summed E-state index contributed by atoms with van der Waals surface area (Å²) in [6.45, 7) is 1.48. The molecule has 0 saturated carbocycles. The van der Waals surface area contributed by atoms with E-state index in [1.54, 1.807) is 12.1 Å². The molecule has 0 aliphatic heterocycles. The van der Waals surface area contributed by atoms with E-state index in [4.69, 9.17) is 10.4 Å². The molecule has 1 atom stereocenters. The molecule has 18 heavy (non-hydrogen) atoms. The molecule has 0 heterocycles. The predicted molar refractivity (Wildman–Crippen MR) is 64.5 cm³/mol. The van der Waals surface area contributed by atoms with Gasteiger partial charge in [-0.15, -0.1) is 0 Å². The van der Waals surface area contributed by atoms with Crippen LogP contribution >= 0.6 is 0 Å². The van der Waals surface area contributed by atoms with E-state index in [0.29, 0.717) is 0 Å². The summed E-state index contributed by atoms with van der Waals surface area (Å²) in [6, 6.07) is 8.26. The van der Waals surface area contributed by atoms with E-state index in [0.717, 1.165) is 0 Å². The second-order valence-corrected chi connectivity index (χ2v) is 3.67. The fourth-order valence-electron chi connectivity index (χ4n) is 1.19. The van der Waals surface area contributed by atoms with Gasteiger partial charge < -0.3 is 15.7 Å². The molecule has 94 valence electrons. The lowest BCUT2D eigenvalue weighted by Gasteiger charge is -2.08. The fraction of sp³-hybridized carbons (Fsp3) is 0.250. The summed E-state index contributed by atoms with van der Waals surface area (Å²) in [4.78, 5) is 22.8. The highest BCUT2D eigenvalue weighted by Gasteiger charge is 2.15. The maximum absolute atomic E-state index is 11.5. The monoisotopic (exact) mass is 247 g/mol. The number of rotatable bonds is 3. The smallest absolute Gasteiger partial charge is 0.313 e. The molecule has 0 bridgehead atoms. The molecule has 1 rings (SSSR count). The number of carbonyl (C=O) groups is 2. The van der Waals surface area contributed by atoms with Crippen molar-refractivity contribution in [2.24, 2.45) is 0 Å². The highest BCUT2D eigenvalue weighted by atomic mass is 16.3. The van der Waals surface area contributed by atoms with Crippen LogP contribution in [-0.2, 0) is 9.59 Å². The molecular formula is C12H13N3O3. The molecule has 0 aliphatic rings. The number of amides is 2. The van der Waals surface area contributed by atoms with E-state index in [1.165, 1.54) is 19.1 Å². The van der Waals surface area contributed by atoms with Crippen molar-refractivity contribution in [2.45, 2.75) is 13.0 Å². The van der Waals surface area contributed by atoms with Gasteiger partial charge in [0.1, 0.15) is 6.07 Å². The number of anilines is 1. The Morgan fingerprint density at radius 2 is 2.06 bits per heavy atom. The lowest BCUT2D eigenvalue weighted by molar-refractivity contribution is -0.136. The molecule has 1 unspecified atom stereocenters. The van der Waals surface area contributed by atoms with Gasteiger partial charge in [0, 0.05) is 6.54 Å². The van der Waals surface area contributed by atoms with Crippen LogP contribution in [0.5, 0.6) is 0 Å². The average molecular weight is 247 g/mol. The summed E-state index contributed by atoms with van der Waals surface area (Å²) >= 11 is 0. The summed E-state index contributed by atoms with van der Waals surface area (Å²) in [5, 5.41) is 22.4. The van der Waals surface area contributed by atoms with Crippen LogP contribution in [0.15, 0.2) is 24.3 Å². The van der Waals surface area contributed by atoms with Crippen LogP contribution in [0, 0.1) is 11.3 Å². The van der Waals surface area contributed by atoms with Gasteiger partial charge in [0.05, 0.1) is 17.4 Å². The number of benzene rings is 1. The number of nitrogens with zero attached hydrogens (tertiary/aromatic N) is 1. The number of hydrogen-bond acceptors (Lipinski definition) is 4. The predicted octanol–water partition coefficient (Wildman–Crippen LogP) is -0.00622. The number of para-hydroxylation sites is 1. The third-order valence-corrected chi connectivity index (χ3v) is 2.06. The van der Waals surface area contributed by atoms with E-state index in [9.17, 15) is 9.59 Å². The zero-order chi connectivity index (χ0) is 13.5. The first kappa shape index (κ1) is 13.7. The van der Waals surface area contributed by atoms with Crippen molar-refractivity contribution in [2.75, 3.05) is 11.9 Å². The molecule has 0 spiro atoms. The second-order valence-electron chi connectivity index (χ2n) is 3.67. The number of nitrogens with one attached hydrogen (secondary N) is 2. The van der Waals surface area contributed by atoms with Crippen molar-refractivity contribution in [1.82, 2.24) is 5.32 Å². The molecule has 0 radical (unpaired) electrons. The SMILES string of the molecule is CC(O)CNC(=O)C(=O)Nc1ccccc1C#N. The van der Waals surface area contributed by atoms with Gasteiger partial charge >= 0.3 is 11.8 Å². The Morgan fingerprint density at radius 3 is 2.67 bits per heavy atom. The van der Waals surface area contributed by atoms with Crippen molar-refractivity contribution < 1.29 is 14.7 Å². The van der Waals surface area contributed by atoms with Crippen LogP contribution in [0.2, 0.25) is 0 Å². The Labute approximate surface area is 104 Å². The van der Waals surface area contributed by atoms with Gasteiger partial charge in [-0.05, 0) is 19.1 Å². The van der Waals surface area contributed by atoms with Crippen LogP contribution in [-0.4, -0.2) is 29.6 Å². The van der Waals surface area contributed by atoms with Crippen LogP contribution in [0.1, 0.15) is 12.5 Å². The van der Waals surface area contributed by atoms with Crippen molar-refractivity contribution >= 4 is 17.5 Å². The second kappa shape index (κ2) is 6.37. The van der Waals surface area contributed by atoms with Crippen molar-refractivity contribution in [1.29, 1.82) is 5.26 Å². The largest absolute Gasteiger partial charge is 0.392 e. The molecule has 3 N–H and O–H groups in total. The van der Waals surface area contributed by atoms with Crippen LogP contribution in [0.4, 0.5) is 5.69 Å². The molecule has 2 amide bonds. The minimum Gasteiger partial charge on any atom is -0.392 e. The normalized spacial score (nSPS) is 11.2. The average Bonchev–Trinajstić information content (AvgIpc) is 2.36. The molecular weight excluding hydrogens is 234 g/mol. The van der Waals surface area contributed by atoms with E-state index in [-0.39, 0.29) is 17.8 Å². The maximum atomic E-state index is 11.5. The summed E-state index contributed by atoms with van der Waals surface area (Å²) in [6.07, 6.45) is -0.729. The first-order chi connectivity index (χ1) is 8.54. The number of carbonyl (C=O) groups excluding carboxylic acids is 2. The Kier molecular flexibility index (Phi) is 4.84. The van der Waals surface area contributed by atoms with E-state index < -0.39 is 17.9 Å². The highest BCUT2D eigenvalue weighted by molar-refractivity contribution is 6.39. The summed E-state index contributed by atoms with van der Waals surface area (Å²) < 4.78 is 0. The third-order valence-electron chi connectivity index (χ3n) is 2.06. The van der Waals surface area contributed by atoms with Gasteiger partial charge in [-0.3, -0.25) is 9.59 Å². The van der Waals surface area contributed by atoms with Crippen LogP contribution < -0.4 is 10.6 Å². The maximum Gasteiger partial charge on any atom is 0.313 e. The standard InChI is InChI=1S/C12H13N3O3/c1-8(16)7-14-11(17)12(18)15-10-5-3-2-4-9(10)6-13/h2-5,8,16H,7H2,1H3,(H,14,17)(H,15,18). The molecule has 6 nitrogen and oxygen atoms in total. The van der Waals surface area contributed by atoms with Crippen molar-refractivity contribution in [3.63, 3.8) is 0 Å². The van der Waals surface area contributed by atoms with Crippen LogP contribution in [0.3, 0.4) is 0 Å². The van der Waals surface area contributed by atoms with Gasteiger partial charge in [-0.1, -0.05) is 12.1 Å². The lowest BCUT2D eigenvalue weighted by atomic mass is 10.2. The molecule has 0 aromatic heterocycles. The Bertz CT molecular complexity index is 492. The topological polar surface area (TPSA) is 102 Å². The minimum atomic E-state index is -0.877. The summed E-state index contributed by atoms with van der Waals surface area (Å²) in [7, 11) is 0. The fourth-order valence-corrected chi connectivity index (χ4v) is 1.19. The third kappa shape index (κ3) is 3.88.